The van der Waals surface area contributed by atoms with Gasteiger partial charge in [0.25, 0.3) is 0 Å². The molecule has 0 spiro atoms. The summed E-state index contributed by atoms with van der Waals surface area (Å²) in [4.78, 5) is 35.2. The Morgan fingerprint density at radius 2 is 0.642 bits per heavy atom. The number of unbranched alkanes of at least 4 members (excludes halogenated alkanes) is 10. The van der Waals surface area contributed by atoms with Gasteiger partial charge < -0.3 is 20.1 Å². The highest BCUT2D eigenvalue weighted by Gasteiger charge is 2.26. The maximum absolute atomic E-state index is 12.7. The third-order valence-electron chi connectivity index (χ3n) is 12.0. The van der Waals surface area contributed by atoms with Crippen molar-refractivity contribution in [1.29, 1.82) is 0 Å². The first-order valence-corrected chi connectivity index (χ1v) is 32.4. The number of nitrogens with two attached hydrogens (primary N) is 1. The molecule has 0 aromatic heterocycles. The summed E-state index contributed by atoms with van der Waals surface area (Å²) < 4.78 is 33.0. The maximum atomic E-state index is 12.7. The fourth-order valence-corrected chi connectivity index (χ4v) is 8.25. The Morgan fingerprint density at radius 1 is 0.370 bits per heavy atom. The van der Waals surface area contributed by atoms with E-state index in [4.69, 9.17) is 24.3 Å². The molecule has 0 aromatic carbocycles. The summed E-state index contributed by atoms with van der Waals surface area (Å²) in [7, 11) is -4.41. The molecule has 0 rings (SSSR count). The third-order valence-corrected chi connectivity index (χ3v) is 13.0. The molecule has 10 heteroatoms. The summed E-state index contributed by atoms with van der Waals surface area (Å²) in [6.07, 6.45) is 97.8. The number of rotatable bonds is 55. The Morgan fingerprint density at radius 3 is 0.963 bits per heavy atom. The number of allylic oxidation sites excluding steroid dienone is 32. The molecule has 0 aliphatic heterocycles. The third kappa shape index (κ3) is 63.9. The van der Waals surface area contributed by atoms with Gasteiger partial charge in [0, 0.05) is 19.4 Å². The first kappa shape index (κ1) is 75.8. The van der Waals surface area contributed by atoms with Crippen LogP contribution in [-0.4, -0.2) is 49.3 Å². The molecule has 0 amide bonds. The van der Waals surface area contributed by atoms with Gasteiger partial charge in [-0.15, -0.1) is 0 Å². The van der Waals surface area contributed by atoms with E-state index in [1.807, 2.05) is 0 Å². The van der Waals surface area contributed by atoms with Crippen LogP contribution < -0.4 is 5.73 Å². The van der Waals surface area contributed by atoms with Gasteiger partial charge in [0.1, 0.15) is 6.61 Å². The van der Waals surface area contributed by atoms with Crippen LogP contribution in [0.15, 0.2) is 194 Å². The minimum atomic E-state index is -4.41. The lowest BCUT2D eigenvalue weighted by atomic mass is 10.1. The van der Waals surface area contributed by atoms with Gasteiger partial charge >= 0.3 is 19.8 Å². The van der Waals surface area contributed by atoms with Crippen molar-refractivity contribution in [3.63, 3.8) is 0 Å². The predicted molar refractivity (Wildman–Crippen MR) is 348 cm³/mol. The van der Waals surface area contributed by atoms with Crippen molar-refractivity contribution < 1.29 is 37.6 Å². The summed E-state index contributed by atoms with van der Waals surface area (Å²) in [6, 6.07) is 0. The van der Waals surface area contributed by atoms with Crippen LogP contribution in [0.5, 0.6) is 0 Å². The van der Waals surface area contributed by atoms with Crippen molar-refractivity contribution in [3.8, 4) is 0 Å². The number of carbonyl (C=O) groups excluding carboxylic acids is 2. The van der Waals surface area contributed by atoms with E-state index in [-0.39, 0.29) is 32.6 Å². The van der Waals surface area contributed by atoms with Crippen LogP contribution in [0.3, 0.4) is 0 Å². The van der Waals surface area contributed by atoms with Crippen molar-refractivity contribution in [2.24, 2.45) is 5.73 Å². The second kappa shape index (κ2) is 64.0. The highest BCUT2D eigenvalue weighted by Crippen LogP contribution is 2.43. The molecule has 0 aliphatic rings. The molecule has 0 bridgehead atoms. The zero-order valence-corrected chi connectivity index (χ0v) is 51.3. The van der Waals surface area contributed by atoms with Gasteiger partial charge in [-0.2, -0.15) is 0 Å². The molecular formula is C71H110NO8P. The van der Waals surface area contributed by atoms with E-state index in [1.54, 1.807) is 0 Å². The van der Waals surface area contributed by atoms with Crippen molar-refractivity contribution >= 4 is 19.8 Å². The number of esters is 2. The molecule has 452 valence electrons. The lowest BCUT2D eigenvalue weighted by Crippen LogP contribution is -2.29. The van der Waals surface area contributed by atoms with Crippen molar-refractivity contribution in [3.05, 3.63) is 194 Å². The number of ether oxygens (including phenoxy) is 2. The van der Waals surface area contributed by atoms with E-state index in [0.29, 0.717) is 12.8 Å². The molecule has 0 saturated heterocycles. The van der Waals surface area contributed by atoms with E-state index in [0.717, 1.165) is 154 Å². The fraction of sp³-hybridized carbons (Fsp3) is 0.521. The summed E-state index contributed by atoms with van der Waals surface area (Å²) in [5, 5.41) is 0. The number of phosphoric ester groups is 1. The molecule has 0 aliphatic carbocycles. The average Bonchev–Trinajstić information content (AvgIpc) is 3.46. The van der Waals surface area contributed by atoms with Crippen molar-refractivity contribution in [2.75, 3.05) is 26.4 Å². The van der Waals surface area contributed by atoms with Gasteiger partial charge in [-0.05, 0) is 141 Å². The summed E-state index contributed by atoms with van der Waals surface area (Å²) >= 11 is 0. The number of phosphoric acid groups is 1. The Hall–Kier alpha value is -5.15. The standard InChI is InChI=1S/C71H110NO8P/c1-3-5-7-9-11-13-15-17-19-21-23-24-25-26-27-28-29-30-31-32-33-34-35-36-37-38-39-40-41-42-43-44-46-48-50-52-54-56-58-60-62-64-71(74)80-69(68-79-81(75,76)78-66-65-72)67-77-70(73)63-61-59-57-55-53-51-49-47-45-22-20-18-16-14-12-10-8-6-4-2/h5-8,11-14,17-20,23-24,26-27,29-30,32-33,35-36,38-39,41-42,44-47,51,53,69H,3-4,9-10,15-16,21-22,25,28,31,34,37,40,43,48-50,52,54-68,72H2,1-2H3,(H,75,76)/b7-5-,8-6-,13-11-,14-12-,19-17-,20-18-,24-23-,27-26-,30-29-,33-32-,36-35-,39-38-,42-41-,46-44-,47-45-,53-51-. The normalized spacial score (nSPS) is 14.4. The van der Waals surface area contributed by atoms with Crippen LogP contribution in [-0.2, 0) is 32.7 Å². The largest absolute Gasteiger partial charge is 0.472 e. The molecule has 9 nitrogen and oxygen atoms in total. The lowest BCUT2D eigenvalue weighted by Gasteiger charge is -2.19. The van der Waals surface area contributed by atoms with Gasteiger partial charge in [0.05, 0.1) is 13.2 Å². The molecule has 3 N–H and O–H groups in total. The Kier molecular flexibility index (Phi) is 60.0. The van der Waals surface area contributed by atoms with Crippen molar-refractivity contribution in [2.45, 2.75) is 213 Å². The van der Waals surface area contributed by atoms with E-state index in [1.165, 1.54) is 12.8 Å². The molecular weight excluding hydrogens is 1030 g/mol. The van der Waals surface area contributed by atoms with E-state index < -0.39 is 32.5 Å². The van der Waals surface area contributed by atoms with Crippen LogP contribution in [0.25, 0.3) is 0 Å². The highest BCUT2D eigenvalue weighted by atomic mass is 31.2. The summed E-state index contributed by atoms with van der Waals surface area (Å²) in [5.74, 6) is -0.895. The van der Waals surface area contributed by atoms with Crippen LogP contribution in [0.4, 0.5) is 0 Å². The molecule has 0 fully saturated rings. The van der Waals surface area contributed by atoms with Gasteiger partial charge in [-0.25, -0.2) is 4.57 Å². The maximum Gasteiger partial charge on any atom is 0.472 e. The first-order chi connectivity index (χ1) is 39.8. The first-order valence-electron chi connectivity index (χ1n) is 30.9. The molecule has 81 heavy (non-hydrogen) atoms. The van der Waals surface area contributed by atoms with Crippen LogP contribution >= 0.6 is 7.82 Å². The second-order valence-electron chi connectivity index (χ2n) is 19.5. The van der Waals surface area contributed by atoms with Crippen LogP contribution in [0.1, 0.15) is 206 Å². The Bertz CT molecular complexity index is 2020. The zero-order chi connectivity index (χ0) is 58.7. The quantitative estimate of drug-likeness (QED) is 0.0264. The fourth-order valence-electron chi connectivity index (χ4n) is 7.49. The van der Waals surface area contributed by atoms with Crippen molar-refractivity contribution in [1.82, 2.24) is 0 Å². The molecule has 0 aromatic rings. The van der Waals surface area contributed by atoms with Crippen LogP contribution in [0.2, 0.25) is 0 Å². The zero-order valence-electron chi connectivity index (χ0n) is 50.4. The molecule has 0 saturated carbocycles. The summed E-state index contributed by atoms with van der Waals surface area (Å²) in [6.45, 7) is 3.43. The Labute approximate surface area is 494 Å². The molecule has 0 radical (unpaired) electrons. The van der Waals surface area contributed by atoms with Gasteiger partial charge in [-0.3, -0.25) is 18.6 Å². The SMILES string of the molecule is CC/C=C\C/C=C\C/C=C\C/C=C\C/C=C\C/C=C\C/C=C\C/C=C\C/C=C\C/C=C\C/C=C\CCCCCCCCCC(=O)OC(COC(=O)CCCCC/C=C\C/C=C\C/C=C\C/C=C\C/C=C\CC)COP(=O)(O)OCCN. The lowest BCUT2D eigenvalue weighted by molar-refractivity contribution is -0.161. The van der Waals surface area contributed by atoms with Gasteiger partial charge in [0.2, 0.25) is 0 Å². The van der Waals surface area contributed by atoms with Gasteiger partial charge in [0.15, 0.2) is 6.10 Å². The Balaban J connectivity index is 4.07. The van der Waals surface area contributed by atoms with E-state index in [9.17, 15) is 19.0 Å². The molecule has 2 atom stereocenters. The highest BCUT2D eigenvalue weighted by molar-refractivity contribution is 7.47. The smallest absolute Gasteiger partial charge is 0.462 e. The molecule has 0 heterocycles. The van der Waals surface area contributed by atoms with E-state index >= 15 is 0 Å². The van der Waals surface area contributed by atoms with E-state index in [2.05, 4.69) is 208 Å². The minimum Gasteiger partial charge on any atom is -0.462 e. The van der Waals surface area contributed by atoms with Gasteiger partial charge in [-0.1, -0.05) is 247 Å². The predicted octanol–water partition coefficient (Wildman–Crippen LogP) is 20.2. The molecule has 2 unspecified atom stereocenters. The number of hydrogen-bond acceptors (Lipinski definition) is 8. The topological polar surface area (TPSA) is 134 Å². The summed E-state index contributed by atoms with van der Waals surface area (Å²) in [5.41, 5.74) is 5.38. The average molecular weight is 1140 g/mol. The number of carbonyl (C=O) groups is 2. The minimum absolute atomic E-state index is 0.0357. The number of hydrogen-bond donors (Lipinski definition) is 2. The second-order valence-corrected chi connectivity index (χ2v) is 20.9. The van der Waals surface area contributed by atoms with Crippen LogP contribution in [0, 0.1) is 0 Å². The monoisotopic (exact) mass is 1140 g/mol.